The summed E-state index contributed by atoms with van der Waals surface area (Å²) in [5.41, 5.74) is 0.0526. The predicted molar refractivity (Wildman–Crippen MR) is 79.7 cm³/mol. The number of amides is 1. The lowest BCUT2D eigenvalue weighted by molar-refractivity contribution is -0.117. The lowest BCUT2D eigenvalue weighted by Gasteiger charge is -2.22. The van der Waals surface area contributed by atoms with Crippen LogP contribution in [0.25, 0.3) is 0 Å². The fraction of sp³-hybridized carbons (Fsp3) is 0.462. The maximum atomic E-state index is 13.6. The zero-order chi connectivity index (χ0) is 15.6. The number of sulfone groups is 1. The van der Waals surface area contributed by atoms with Crippen LogP contribution in [-0.4, -0.2) is 50.4 Å². The molecule has 0 saturated carbocycles. The highest BCUT2D eigenvalue weighted by Gasteiger charge is 2.31. The van der Waals surface area contributed by atoms with E-state index in [0.717, 1.165) is 6.07 Å². The molecule has 0 radical (unpaired) electrons. The summed E-state index contributed by atoms with van der Waals surface area (Å²) in [5, 5.41) is 2.70. The third-order valence-corrected chi connectivity index (χ3v) is 5.42. The third-order valence-electron chi connectivity index (χ3n) is 3.43. The van der Waals surface area contributed by atoms with Crippen LogP contribution in [0.15, 0.2) is 18.2 Å². The normalized spacial score (nSPS) is 20.7. The Morgan fingerprint density at radius 3 is 2.81 bits per heavy atom. The second kappa shape index (κ2) is 6.29. The van der Waals surface area contributed by atoms with Crippen LogP contribution >= 0.6 is 11.6 Å². The van der Waals surface area contributed by atoms with Gasteiger partial charge in [-0.05, 0) is 31.7 Å². The van der Waals surface area contributed by atoms with Gasteiger partial charge >= 0.3 is 0 Å². The number of likely N-dealkylation sites (N-methyl/N-ethyl adjacent to an activating group) is 1. The molecular weight excluding hydrogens is 319 g/mol. The number of benzene rings is 1. The van der Waals surface area contributed by atoms with Gasteiger partial charge in [0.05, 0.1) is 23.7 Å². The van der Waals surface area contributed by atoms with Gasteiger partial charge in [0.2, 0.25) is 5.91 Å². The summed E-state index contributed by atoms with van der Waals surface area (Å²) in [6.45, 7) is 0.00224. The number of carbonyl (C=O) groups excluding carboxylic acids is 1. The second-order valence-electron chi connectivity index (χ2n) is 5.14. The van der Waals surface area contributed by atoms with Gasteiger partial charge in [0.15, 0.2) is 9.84 Å². The van der Waals surface area contributed by atoms with Crippen LogP contribution in [0.3, 0.4) is 0 Å². The van der Waals surface area contributed by atoms with Crippen LogP contribution in [-0.2, 0) is 14.6 Å². The van der Waals surface area contributed by atoms with Crippen molar-refractivity contribution in [3.05, 3.63) is 29.0 Å². The monoisotopic (exact) mass is 334 g/mol. The molecule has 21 heavy (non-hydrogen) atoms. The first-order valence-electron chi connectivity index (χ1n) is 6.42. The van der Waals surface area contributed by atoms with Crippen molar-refractivity contribution in [1.29, 1.82) is 0 Å². The SMILES string of the molecule is CN(CC(=O)Nc1ccc(Cl)cc1F)[C@H]1CCS(=O)(=O)C1. The Hall–Kier alpha value is -1.18. The molecule has 1 aliphatic heterocycles. The van der Waals surface area contributed by atoms with Crippen molar-refractivity contribution >= 4 is 33.0 Å². The van der Waals surface area contributed by atoms with Crippen LogP contribution in [0.5, 0.6) is 0 Å². The molecule has 116 valence electrons. The average molecular weight is 335 g/mol. The molecule has 1 heterocycles. The molecule has 1 N–H and O–H groups in total. The molecule has 0 aromatic heterocycles. The highest BCUT2D eigenvalue weighted by atomic mass is 35.5. The molecule has 2 rings (SSSR count). The average Bonchev–Trinajstić information content (AvgIpc) is 2.73. The van der Waals surface area contributed by atoms with E-state index in [2.05, 4.69) is 5.32 Å². The van der Waals surface area contributed by atoms with Gasteiger partial charge in [-0.2, -0.15) is 0 Å². The van der Waals surface area contributed by atoms with E-state index in [1.807, 2.05) is 0 Å². The van der Waals surface area contributed by atoms with Gasteiger partial charge in [-0.3, -0.25) is 9.69 Å². The van der Waals surface area contributed by atoms with Crippen LogP contribution in [0.1, 0.15) is 6.42 Å². The van der Waals surface area contributed by atoms with Gasteiger partial charge in [0.25, 0.3) is 0 Å². The van der Waals surface area contributed by atoms with Crippen molar-refractivity contribution in [1.82, 2.24) is 4.90 Å². The van der Waals surface area contributed by atoms with E-state index in [9.17, 15) is 17.6 Å². The largest absolute Gasteiger partial charge is 0.322 e. The van der Waals surface area contributed by atoms with Crippen LogP contribution in [0.4, 0.5) is 10.1 Å². The van der Waals surface area contributed by atoms with Crippen molar-refractivity contribution in [2.24, 2.45) is 0 Å². The van der Waals surface area contributed by atoms with E-state index in [0.29, 0.717) is 6.42 Å². The molecule has 1 aromatic carbocycles. The summed E-state index contributed by atoms with van der Waals surface area (Å²) in [7, 11) is -1.31. The zero-order valence-corrected chi connectivity index (χ0v) is 13.0. The topological polar surface area (TPSA) is 66.5 Å². The van der Waals surface area contributed by atoms with E-state index in [4.69, 9.17) is 11.6 Å². The Morgan fingerprint density at radius 2 is 2.24 bits per heavy atom. The maximum Gasteiger partial charge on any atom is 0.238 e. The van der Waals surface area contributed by atoms with Crippen molar-refractivity contribution in [3.8, 4) is 0 Å². The Morgan fingerprint density at radius 1 is 1.52 bits per heavy atom. The number of halogens is 2. The van der Waals surface area contributed by atoms with E-state index in [-0.39, 0.29) is 34.8 Å². The van der Waals surface area contributed by atoms with Crippen molar-refractivity contribution in [2.45, 2.75) is 12.5 Å². The number of hydrogen-bond donors (Lipinski definition) is 1. The van der Waals surface area contributed by atoms with Crippen LogP contribution in [0.2, 0.25) is 5.02 Å². The highest BCUT2D eigenvalue weighted by molar-refractivity contribution is 7.91. The minimum atomic E-state index is -2.99. The smallest absolute Gasteiger partial charge is 0.238 e. The second-order valence-corrected chi connectivity index (χ2v) is 7.81. The number of nitrogens with one attached hydrogen (secondary N) is 1. The molecule has 1 saturated heterocycles. The first kappa shape index (κ1) is 16.2. The number of anilines is 1. The molecule has 1 atom stereocenters. The Labute approximate surface area is 128 Å². The molecule has 1 aromatic rings. The highest BCUT2D eigenvalue weighted by Crippen LogP contribution is 2.19. The lowest BCUT2D eigenvalue weighted by atomic mass is 10.2. The Bertz CT molecular complexity index is 651. The Kier molecular flexibility index (Phi) is 4.85. The predicted octanol–water partition coefficient (Wildman–Crippen LogP) is 1.54. The van der Waals surface area contributed by atoms with Gasteiger partial charge in [-0.1, -0.05) is 11.6 Å². The first-order valence-corrected chi connectivity index (χ1v) is 8.62. The van der Waals surface area contributed by atoms with Gasteiger partial charge in [-0.15, -0.1) is 0 Å². The molecule has 5 nitrogen and oxygen atoms in total. The first-order chi connectivity index (χ1) is 9.77. The summed E-state index contributed by atoms with van der Waals surface area (Å²) in [6.07, 6.45) is 0.515. The summed E-state index contributed by atoms with van der Waals surface area (Å²) in [5.74, 6) is -0.799. The number of nitrogens with zero attached hydrogens (tertiary/aromatic N) is 1. The Balaban J connectivity index is 1.92. The molecule has 1 amide bonds. The van der Waals surface area contributed by atoms with Crippen molar-refractivity contribution in [3.63, 3.8) is 0 Å². The van der Waals surface area contributed by atoms with Crippen molar-refractivity contribution in [2.75, 3.05) is 30.4 Å². The molecule has 8 heteroatoms. The maximum absolute atomic E-state index is 13.6. The quantitative estimate of drug-likeness (QED) is 0.907. The molecule has 1 aliphatic rings. The zero-order valence-electron chi connectivity index (χ0n) is 11.5. The fourth-order valence-electron chi connectivity index (χ4n) is 2.26. The summed E-state index contributed by atoms with van der Waals surface area (Å²) >= 11 is 5.63. The van der Waals surface area contributed by atoms with Gasteiger partial charge in [0.1, 0.15) is 5.82 Å². The molecule has 0 unspecified atom stereocenters. The van der Waals surface area contributed by atoms with Crippen LogP contribution < -0.4 is 5.32 Å². The van der Waals surface area contributed by atoms with E-state index < -0.39 is 21.6 Å². The minimum absolute atomic E-state index is 0.00224. The number of rotatable bonds is 4. The van der Waals surface area contributed by atoms with E-state index >= 15 is 0 Å². The third kappa shape index (κ3) is 4.39. The van der Waals surface area contributed by atoms with Crippen molar-refractivity contribution < 1.29 is 17.6 Å². The summed E-state index contributed by atoms with van der Waals surface area (Å²) in [6, 6.07) is 3.81. The minimum Gasteiger partial charge on any atom is -0.322 e. The van der Waals surface area contributed by atoms with E-state index in [1.165, 1.54) is 12.1 Å². The number of hydrogen-bond acceptors (Lipinski definition) is 4. The summed E-state index contributed by atoms with van der Waals surface area (Å²) in [4.78, 5) is 13.6. The van der Waals surface area contributed by atoms with E-state index in [1.54, 1.807) is 11.9 Å². The molecule has 1 fully saturated rings. The van der Waals surface area contributed by atoms with Gasteiger partial charge in [-0.25, -0.2) is 12.8 Å². The van der Waals surface area contributed by atoms with Gasteiger partial charge in [0, 0.05) is 11.1 Å². The standard InChI is InChI=1S/C13H16ClFN2O3S/c1-17(10-4-5-21(19,20)8-10)7-13(18)16-12-3-2-9(14)6-11(12)15/h2-3,6,10H,4-5,7-8H2,1H3,(H,16,18)/t10-/m0/s1. The number of carbonyl (C=O) groups is 1. The van der Waals surface area contributed by atoms with Gasteiger partial charge < -0.3 is 5.32 Å². The van der Waals surface area contributed by atoms with Crippen LogP contribution in [0, 0.1) is 5.82 Å². The molecular formula is C13H16ClFN2O3S. The fourth-order valence-corrected chi connectivity index (χ4v) is 4.22. The lowest BCUT2D eigenvalue weighted by Crippen LogP contribution is -2.38. The molecule has 0 spiro atoms. The molecule has 0 aliphatic carbocycles. The summed E-state index contributed by atoms with van der Waals surface area (Å²) < 4.78 is 36.4. The molecule has 0 bridgehead atoms.